The molecule has 0 radical (unpaired) electrons. The van der Waals surface area contributed by atoms with Crippen molar-refractivity contribution in [1.82, 2.24) is 9.55 Å². The van der Waals surface area contributed by atoms with Crippen LogP contribution in [-0.2, 0) is 7.05 Å². The zero-order chi connectivity index (χ0) is 9.59. The van der Waals surface area contributed by atoms with Crippen LogP contribution in [-0.4, -0.2) is 9.55 Å². The lowest BCUT2D eigenvalue weighted by atomic mass is 10.3. The van der Waals surface area contributed by atoms with Gasteiger partial charge in [-0.05, 0) is 28.1 Å². The second-order valence-corrected chi connectivity index (χ2v) is 4.22. The summed E-state index contributed by atoms with van der Waals surface area (Å²) < 4.78 is 2.66. The van der Waals surface area contributed by atoms with Gasteiger partial charge < -0.3 is 4.57 Å². The third kappa shape index (κ3) is 1.45. The fraction of sp³-hybridized carbons (Fsp3) is 0.125. The lowest BCUT2D eigenvalue weighted by Crippen LogP contribution is -1.86. The predicted molar refractivity (Wildman–Crippen MR) is 58.4 cm³/mol. The molecule has 1 aromatic carbocycles. The van der Waals surface area contributed by atoms with E-state index in [0.717, 1.165) is 15.8 Å². The molecular formula is C8H5BrCl2N2. The van der Waals surface area contributed by atoms with Crippen molar-refractivity contribution in [3.8, 4) is 0 Å². The van der Waals surface area contributed by atoms with Crippen molar-refractivity contribution in [3.05, 3.63) is 26.9 Å². The van der Waals surface area contributed by atoms with Crippen LogP contribution in [0.5, 0.6) is 0 Å². The molecule has 0 saturated carbocycles. The summed E-state index contributed by atoms with van der Waals surface area (Å²) in [6.45, 7) is 0. The summed E-state index contributed by atoms with van der Waals surface area (Å²) in [5.41, 5.74) is 1.80. The Balaban J connectivity index is 2.89. The van der Waals surface area contributed by atoms with Gasteiger partial charge in [-0.25, -0.2) is 4.98 Å². The molecule has 5 heteroatoms. The van der Waals surface area contributed by atoms with Crippen LogP contribution in [0.1, 0.15) is 0 Å². The van der Waals surface area contributed by atoms with Crippen LogP contribution in [0, 0.1) is 0 Å². The van der Waals surface area contributed by atoms with E-state index in [1.807, 2.05) is 11.6 Å². The average molecular weight is 280 g/mol. The number of hydrogen-bond donors (Lipinski definition) is 0. The molecule has 0 amide bonds. The van der Waals surface area contributed by atoms with Crippen LogP contribution in [0.25, 0.3) is 11.0 Å². The van der Waals surface area contributed by atoms with Gasteiger partial charge in [0.2, 0.25) is 0 Å². The van der Waals surface area contributed by atoms with Gasteiger partial charge in [-0.1, -0.05) is 23.2 Å². The maximum Gasteiger partial charge on any atom is 0.177 e. The molecule has 0 atom stereocenters. The Morgan fingerprint density at radius 2 is 1.92 bits per heavy atom. The number of benzene rings is 1. The summed E-state index contributed by atoms with van der Waals surface area (Å²) >= 11 is 15.1. The first-order valence-corrected chi connectivity index (χ1v) is 5.11. The van der Waals surface area contributed by atoms with Crippen molar-refractivity contribution in [2.45, 2.75) is 0 Å². The Morgan fingerprint density at radius 1 is 1.31 bits per heavy atom. The number of aromatic nitrogens is 2. The van der Waals surface area contributed by atoms with Gasteiger partial charge in [0.05, 0.1) is 21.1 Å². The minimum absolute atomic E-state index is 0.528. The molecule has 0 aliphatic carbocycles. The highest BCUT2D eigenvalue weighted by Gasteiger charge is 2.07. The van der Waals surface area contributed by atoms with Crippen LogP contribution < -0.4 is 0 Å². The molecule has 1 aromatic heterocycles. The molecule has 2 aromatic rings. The molecule has 0 fully saturated rings. The molecule has 1 heterocycles. The first kappa shape index (κ1) is 9.31. The lowest BCUT2D eigenvalue weighted by Gasteiger charge is -1.97. The second-order valence-electron chi connectivity index (χ2n) is 2.69. The van der Waals surface area contributed by atoms with E-state index in [2.05, 4.69) is 20.9 Å². The predicted octanol–water partition coefficient (Wildman–Crippen LogP) is 3.64. The Kier molecular flexibility index (Phi) is 2.26. The number of halogens is 3. The monoisotopic (exact) mass is 278 g/mol. The number of nitrogens with zero attached hydrogens (tertiary/aromatic N) is 2. The molecule has 0 bridgehead atoms. The van der Waals surface area contributed by atoms with E-state index in [1.54, 1.807) is 12.1 Å². The van der Waals surface area contributed by atoms with Gasteiger partial charge in [0.25, 0.3) is 0 Å². The Morgan fingerprint density at radius 3 is 2.62 bits per heavy atom. The van der Waals surface area contributed by atoms with Crippen molar-refractivity contribution >= 4 is 50.2 Å². The maximum absolute atomic E-state index is 5.88. The zero-order valence-electron chi connectivity index (χ0n) is 6.68. The van der Waals surface area contributed by atoms with E-state index in [0.29, 0.717) is 10.0 Å². The summed E-state index contributed by atoms with van der Waals surface area (Å²) in [6, 6.07) is 3.56. The van der Waals surface area contributed by atoms with Gasteiger partial charge in [0.15, 0.2) is 4.73 Å². The first-order chi connectivity index (χ1) is 6.09. The van der Waals surface area contributed by atoms with Crippen LogP contribution in [0.3, 0.4) is 0 Å². The zero-order valence-corrected chi connectivity index (χ0v) is 9.78. The van der Waals surface area contributed by atoms with E-state index in [4.69, 9.17) is 23.2 Å². The summed E-state index contributed by atoms with van der Waals surface area (Å²) in [5, 5.41) is 1.07. The summed E-state index contributed by atoms with van der Waals surface area (Å²) in [6.07, 6.45) is 0. The van der Waals surface area contributed by atoms with E-state index in [1.165, 1.54) is 0 Å². The molecule has 0 aliphatic rings. The third-order valence-electron chi connectivity index (χ3n) is 1.87. The highest BCUT2D eigenvalue weighted by Crippen LogP contribution is 2.28. The summed E-state index contributed by atoms with van der Waals surface area (Å²) in [7, 11) is 1.91. The third-order valence-corrected chi connectivity index (χ3v) is 3.30. The minimum atomic E-state index is 0.528. The van der Waals surface area contributed by atoms with Crippen molar-refractivity contribution in [2.75, 3.05) is 0 Å². The van der Waals surface area contributed by atoms with Crippen molar-refractivity contribution in [3.63, 3.8) is 0 Å². The molecular weight excluding hydrogens is 275 g/mol. The molecule has 68 valence electrons. The molecule has 0 N–H and O–H groups in total. The van der Waals surface area contributed by atoms with Gasteiger partial charge in [-0.15, -0.1) is 0 Å². The number of rotatable bonds is 0. The van der Waals surface area contributed by atoms with Crippen LogP contribution in [0.15, 0.2) is 16.9 Å². The van der Waals surface area contributed by atoms with E-state index >= 15 is 0 Å². The SMILES string of the molecule is Cn1c(Br)nc2cc(Cl)c(Cl)cc21. The van der Waals surface area contributed by atoms with Crippen LogP contribution in [0.2, 0.25) is 10.0 Å². The standard InChI is InChI=1S/C8H5BrCl2N2/c1-13-7-3-5(11)4(10)2-6(7)12-8(13)9/h2-3H,1H3. The van der Waals surface area contributed by atoms with Crippen molar-refractivity contribution in [2.24, 2.45) is 7.05 Å². The maximum atomic E-state index is 5.88. The van der Waals surface area contributed by atoms with Crippen LogP contribution >= 0.6 is 39.1 Å². The Bertz CT molecular complexity index is 478. The smallest absolute Gasteiger partial charge is 0.177 e. The van der Waals surface area contributed by atoms with E-state index in [9.17, 15) is 0 Å². The van der Waals surface area contributed by atoms with Crippen molar-refractivity contribution in [1.29, 1.82) is 0 Å². The average Bonchev–Trinajstić information content (AvgIpc) is 2.32. The molecule has 2 nitrogen and oxygen atoms in total. The number of imidazole rings is 1. The quantitative estimate of drug-likeness (QED) is 0.720. The van der Waals surface area contributed by atoms with E-state index in [-0.39, 0.29) is 0 Å². The molecule has 2 rings (SSSR count). The normalized spacial score (nSPS) is 11.1. The molecule has 0 saturated heterocycles. The molecule has 0 spiro atoms. The highest BCUT2D eigenvalue weighted by atomic mass is 79.9. The van der Waals surface area contributed by atoms with Crippen molar-refractivity contribution < 1.29 is 0 Å². The second kappa shape index (κ2) is 3.15. The topological polar surface area (TPSA) is 17.8 Å². The van der Waals surface area contributed by atoms with Gasteiger partial charge in [-0.3, -0.25) is 0 Å². The summed E-state index contributed by atoms with van der Waals surface area (Å²) in [5.74, 6) is 0. The van der Waals surface area contributed by atoms with Gasteiger partial charge in [0.1, 0.15) is 0 Å². The lowest BCUT2D eigenvalue weighted by molar-refractivity contribution is 0.912. The minimum Gasteiger partial charge on any atom is -0.322 e. The van der Waals surface area contributed by atoms with Gasteiger partial charge in [0, 0.05) is 7.05 Å². The molecule has 13 heavy (non-hydrogen) atoms. The fourth-order valence-corrected chi connectivity index (χ4v) is 1.86. The summed E-state index contributed by atoms with van der Waals surface area (Å²) in [4.78, 5) is 4.25. The number of hydrogen-bond acceptors (Lipinski definition) is 1. The van der Waals surface area contributed by atoms with Crippen LogP contribution in [0.4, 0.5) is 0 Å². The highest BCUT2D eigenvalue weighted by molar-refractivity contribution is 9.10. The Hall–Kier alpha value is -0.250. The molecule has 0 unspecified atom stereocenters. The van der Waals surface area contributed by atoms with E-state index < -0.39 is 0 Å². The Labute approximate surface area is 93.6 Å². The van der Waals surface area contributed by atoms with Gasteiger partial charge >= 0.3 is 0 Å². The fourth-order valence-electron chi connectivity index (χ4n) is 1.16. The molecule has 0 aliphatic heterocycles. The number of fused-ring (bicyclic) bond motifs is 1. The first-order valence-electron chi connectivity index (χ1n) is 3.56. The number of aryl methyl sites for hydroxylation is 1. The van der Waals surface area contributed by atoms with Gasteiger partial charge in [-0.2, -0.15) is 0 Å². The largest absolute Gasteiger partial charge is 0.322 e.